The van der Waals surface area contributed by atoms with Gasteiger partial charge in [-0.2, -0.15) is 0 Å². The number of hydrogen-bond donors (Lipinski definition) is 1. The molecule has 0 aliphatic carbocycles. The van der Waals surface area contributed by atoms with Crippen LogP contribution in [0.3, 0.4) is 0 Å². The maximum atomic E-state index is 12.3. The SMILES string of the molecule is CCOc1ccccc1OCC(=O)OCc1nnc(C(=O)Nc2ccc(OC)cc2)s1. The average Bonchev–Trinajstić information content (AvgIpc) is 3.27. The van der Waals surface area contributed by atoms with E-state index < -0.39 is 11.9 Å². The first kappa shape index (κ1) is 22.0. The first-order chi connectivity index (χ1) is 15.1. The number of carbonyl (C=O) groups is 2. The number of anilines is 1. The molecule has 0 bridgehead atoms. The molecule has 0 saturated carbocycles. The van der Waals surface area contributed by atoms with Crippen molar-refractivity contribution in [2.75, 3.05) is 25.6 Å². The van der Waals surface area contributed by atoms with Gasteiger partial charge in [0.15, 0.2) is 23.1 Å². The highest BCUT2D eigenvalue weighted by Crippen LogP contribution is 2.26. The lowest BCUT2D eigenvalue weighted by Crippen LogP contribution is -2.15. The summed E-state index contributed by atoms with van der Waals surface area (Å²) < 4.78 is 21.1. The summed E-state index contributed by atoms with van der Waals surface area (Å²) in [5.41, 5.74) is 0.596. The van der Waals surface area contributed by atoms with E-state index >= 15 is 0 Å². The predicted molar refractivity (Wildman–Crippen MR) is 114 cm³/mol. The Labute approximate surface area is 182 Å². The van der Waals surface area contributed by atoms with Gasteiger partial charge in [0.05, 0.1) is 13.7 Å². The van der Waals surface area contributed by atoms with E-state index in [0.29, 0.717) is 34.6 Å². The number of nitrogens with one attached hydrogen (secondary N) is 1. The van der Waals surface area contributed by atoms with Crippen LogP contribution < -0.4 is 19.5 Å². The summed E-state index contributed by atoms with van der Waals surface area (Å²) in [7, 11) is 1.56. The molecule has 10 heteroatoms. The standard InChI is InChI=1S/C21H21N3O6S/c1-3-28-16-6-4-5-7-17(16)29-13-19(25)30-12-18-23-24-21(31-18)20(26)22-14-8-10-15(27-2)11-9-14/h4-11H,3,12-13H2,1-2H3,(H,22,26). The average molecular weight is 443 g/mol. The number of aromatic nitrogens is 2. The summed E-state index contributed by atoms with van der Waals surface area (Å²) >= 11 is 1.04. The van der Waals surface area contributed by atoms with Crippen LogP contribution >= 0.6 is 11.3 Å². The largest absolute Gasteiger partial charge is 0.497 e. The van der Waals surface area contributed by atoms with Crippen LogP contribution in [0.5, 0.6) is 17.2 Å². The van der Waals surface area contributed by atoms with Crippen molar-refractivity contribution in [1.29, 1.82) is 0 Å². The van der Waals surface area contributed by atoms with Crippen LogP contribution in [-0.2, 0) is 16.1 Å². The molecular formula is C21H21N3O6S. The van der Waals surface area contributed by atoms with Crippen LogP contribution in [0.25, 0.3) is 0 Å². The van der Waals surface area contributed by atoms with Gasteiger partial charge >= 0.3 is 5.97 Å². The van der Waals surface area contributed by atoms with Gasteiger partial charge in [0.2, 0.25) is 5.01 Å². The number of amides is 1. The highest BCUT2D eigenvalue weighted by atomic mass is 32.1. The Bertz CT molecular complexity index is 1020. The van der Waals surface area contributed by atoms with Gasteiger partial charge in [-0.1, -0.05) is 23.5 Å². The topological polar surface area (TPSA) is 109 Å². The van der Waals surface area contributed by atoms with Crippen LogP contribution in [-0.4, -0.2) is 42.4 Å². The van der Waals surface area contributed by atoms with E-state index in [1.54, 1.807) is 49.6 Å². The van der Waals surface area contributed by atoms with E-state index in [1.165, 1.54) is 0 Å². The predicted octanol–water partition coefficient (Wildman–Crippen LogP) is 3.32. The maximum absolute atomic E-state index is 12.3. The smallest absolute Gasteiger partial charge is 0.344 e. The molecule has 0 fully saturated rings. The molecule has 2 aromatic carbocycles. The Morgan fingerprint density at radius 2 is 1.71 bits per heavy atom. The summed E-state index contributed by atoms with van der Waals surface area (Å²) in [6.07, 6.45) is 0. The normalized spacial score (nSPS) is 10.3. The van der Waals surface area contributed by atoms with E-state index in [2.05, 4.69) is 15.5 Å². The lowest BCUT2D eigenvalue weighted by atomic mass is 10.3. The second-order valence-corrected chi connectivity index (χ2v) is 7.07. The number of hydrogen-bond acceptors (Lipinski definition) is 9. The van der Waals surface area contributed by atoms with Gasteiger partial charge in [-0.3, -0.25) is 4.79 Å². The molecule has 1 amide bonds. The fourth-order valence-electron chi connectivity index (χ4n) is 2.43. The number of benzene rings is 2. The third-order valence-corrected chi connectivity index (χ3v) is 4.76. The van der Waals surface area contributed by atoms with Crippen LogP contribution in [0.4, 0.5) is 5.69 Å². The van der Waals surface area contributed by atoms with Gasteiger partial charge in [0.25, 0.3) is 5.91 Å². The highest BCUT2D eigenvalue weighted by molar-refractivity contribution is 7.13. The quantitative estimate of drug-likeness (QED) is 0.476. The molecule has 0 radical (unpaired) electrons. The van der Waals surface area contributed by atoms with Crippen LogP contribution in [0.1, 0.15) is 21.7 Å². The fourth-order valence-corrected chi connectivity index (χ4v) is 3.08. The van der Waals surface area contributed by atoms with Crippen molar-refractivity contribution in [1.82, 2.24) is 10.2 Å². The summed E-state index contributed by atoms with van der Waals surface area (Å²) in [6.45, 7) is 1.95. The van der Waals surface area contributed by atoms with Crippen LogP contribution in [0, 0.1) is 0 Å². The molecule has 0 saturated heterocycles. The fraction of sp³-hybridized carbons (Fsp3) is 0.238. The second kappa shape index (κ2) is 10.9. The first-order valence-corrected chi connectivity index (χ1v) is 10.2. The Morgan fingerprint density at radius 3 is 2.39 bits per heavy atom. The molecule has 0 aliphatic heterocycles. The Morgan fingerprint density at radius 1 is 1.00 bits per heavy atom. The third kappa shape index (κ3) is 6.41. The number of esters is 1. The summed E-state index contributed by atoms with van der Waals surface area (Å²) in [4.78, 5) is 24.3. The zero-order valence-corrected chi connectivity index (χ0v) is 17.8. The lowest BCUT2D eigenvalue weighted by Gasteiger charge is -2.10. The van der Waals surface area contributed by atoms with Crippen molar-refractivity contribution < 1.29 is 28.5 Å². The number of ether oxygens (including phenoxy) is 4. The highest BCUT2D eigenvalue weighted by Gasteiger charge is 2.15. The molecule has 1 N–H and O–H groups in total. The van der Waals surface area contributed by atoms with E-state index in [9.17, 15) is 9.59 Å². The molecule has 0 atom stereocenters. The van der Waals surface area contributed by atoms with Crippen molar-refractivity contribution in [3.8, 4) is 17.2 Å². The minimum Gasteiger partial charge on any atom is -0.497 e. The first-order valence-electron chi connectivity index (χ1n) is 9.37. The Hall–Kier alpha value is -3.66. The number of para-hydroxylation sites is 2. The number of methoxy groups -OCH3 is 1. The van der Waals surface area contributed by atoms with Crippen molar-refractivity contribution in [3.05, 3.63) is 58.5 Å². The zero-order valence-electron chi connectivity index (χ0n) is 17.0. The summed E-state index contributed by atoms with van der Waals surface area (Å²) in [5.74, 6) is 0.703. The molecule has 0 spiro atoms. The van der Waals surface area contributed by atoms with Crippen molar-refractivity contribution in [3.63, 3.8) is 0 Å². The molecule has 31 heavy (non-hydrogen) atoms. The molecule has 1 heterocycles. The summed E-state index contributed by atoms with van der Waals surface area (Å²) in [5, 5.41) is 11.0. The minimum absolute atomic E-state index is 0.108. The Balaban J connectivity index is 1.47. The van der Waals surface area contributed by atoms with Gasteiger partial charge in [-0.05, 0) is 43.3 Å². The van der Waals surface area contributed by atoms with Gasteiger partial charge in [0.1, 0.15) is 12.4 Å². The van der Waals surface area contributed by atoms with Crippen LogP contribution in [0.2, 0.25) is 0 Å². The lowest BCUT2D eigenvalue weighted by molar-refractivity contribution is -0.147. The number of rotatable bonds is 10. The zero-order chi connectivity index (χ0) is 22.1. The molecule has 0 unspecified atom stereocenters. The van der Waals surface area contributed by atoms with E-state index in [-0.39, 0.29) is 18.2 Å². The van der Waals surface area contributed by atoms with E-state index in [4.69, 9.17) is 18.9 Å². The third-order valence-electron chi connectivity index (χ3n) is 3.86. The van der Waals surface area contributed by atoms with Gasteiger partial charge in [-0.15, -0.1) is 10.2 Å². The van der Waals surface area contributed by atoms with E-state index in [0.717, 1.165) is 11.3 Å². The molecule has 9 nitrogen and oxygen atoms in total. The monoisotopic (exact) mass is 443 g/mol. The molecule has 0 aliphatic rings. The molecular weight excluding hydrogens is 422 g/mol. The van der Waals surface area contributed by atoms with Gasteiger partial charge in [0, 0.05) is 5.69 Å². The van der Waals surface area contributed by atoms with Gasteiger partial charge < -0.3 is 24.3 Å². The van der Waals surface area contributed by atoms with Crippen molar-refractivity contribution in [2.45, 2.75) is 13.5 Å². The molecule has 3 rings (SSSR count). The van der Waals surface area contributed by atoms with E-state index in [1.807, 2.05) is 13.0 Å². The van der Waals surface area contributed by atoms with Gasteiger partial charge in [-0.25, -0.2) is 4.79 Å². The maximum Gasteiger partial charge on any atom is 0.344 e. The Kier molecular flexibility index (Phi) is 7.77. The minimum atomic E-state index is -0.578. The molecule has 1 aromatic heterocycles. The molecule has 3 aromatic rings. The number of carbonyl (C=O) groups excluding carboxylic acids is 2. The van der Waals surface area contributed by atoms with Crippen LogP contribution in [0.15, 0.2) is 48.5 Å². The van der Waals surface area contributed by atoms with Crippen molar-refractivity contribution in [2.24, 2.45) is 0 Å². The number of nitrogens with zero attached hydrogens (tertiary/aromatic N) is 2. The molecule has 162 valence electrons. The van der Waals surface area contributed by atoms with Crippen molar-refractivity contribution >= 4 is 28.9 Å². The summed E-state index contributed by atoms with van der Waals surface area (Å²) in [6, 6.07) is 13.9. The second-order valence-electron chi connectivity index (χ2n) is 6.01.